The smallest absolute Gasteiger partial charge is 0.338 e. The first-order valence-corrected chi connectivity index (χ1v) is 10.5. The Hall–Kier alpha value is -3.67. The molecule has 6 heteroatoms. The zero-order valence-corrected chi connectivity index (χ0v) is 18.0. The predicted octanol–water partition coefficient (Wildman–Crippen LogP) is 4.23. The van der Waals surface area contributed by atoms with E-state index in [2.05, 4.69) is 16.8 Å². The van der Waals surface area contributed by atoms with Crippen LogP contribution in [0.1, 0.15) is 30.0 Å². The lowest BCUT2D eigenvalue weighted by Gasteiger charge is -2.07. The number of carbonyl (C=O) groups excluding carboxylic acids is 2. The SMILES string of the molecule is CCOC(=O)c1ccc2c(c1)n(CC(=O)Nc1ccc3ccccc3c1)c(C)[n+]2CC. The number of imidazole rings is 1. The molecule has 6 nitrogen and oxygen atoms in total. The van der Waals surface area contributed by atoms with Crippen molar-refractivity contribution in [2.24, 2.45) is 0 Å². The Morgan fingerprint density at radius 1 is 1.00 bits per heavy atom. The quantitative estimate of drug-likeness (QED) is 0.378. The van der Waals surface area contributed by atoms with Gasteiger partial charge in [0.25, 0.3) is 11.7 Å². The lowest BCUT2D eigenvalue weighted by atomic mass is 10.1. The maximum absolute atomic E-state index is 12.9. The van der Waals surface area contributed by atoms with Crippen molar-refractivity contribution in [1.82, 2.24) is 4.57 Å². The minimum absolute atomic E-state index is 0.125. The van der Waals surface area contributed by atoms with Gasteiger partial charge in [-0.05, 0) is 48.9 Å². The predicted molar refractivity (Wildman–Crippen MR) is 121 cm³/mol. The van der Waals surface area contributed by atoms with E-state index in [-0.39, 0.29) is 18.4 Å². The number of rotatable bonds is 6. The molecule has 0 spiro atoms. The molecular weight excluding hydrogens is 390 g/mol. The molecule has 1 aromatic heterocycles. The molecule has 0 unspecified atom stereocenters. The van der Waals surface area contributed by atoms with E-state index in [9.17, 15) is 9.59 Å². The average molecular weight is 417 g/mol. The van der Waals surface area contributed by atoms with Crippen LogP contribution in [0.2, 0.25) is 0 Å². The van der Waals surface area contributed by atoms with Gasteiger partial charge in [-0.15, -0.1) is 0 Å². The number of ether oxygens (including phenoxy) is 1. The molecule has 1 amide bonds. The Morgan fingerprint density at radius 3 is 2.52 bits per heavy atom. The number of hydrogen-bond acceptors (Lipinski definition) is 3. The standard InChI is InChI=1S/C25H25N3O3/c1-4-27-17(3)28(23-15-20(11-13-22(23)27)25(30)31-5-2)16-24(29)26-21-12-10-18-8-6-7-9-19(18)14-21/h6-15H,4-5,16H2,1-3H3/p+1. The van der Waals surface area contributed by atoms with Crippen LogP contribution in [-0.4, -0.2) is 23.1 Å². The van der Waals surface area contributed by atoms with Gasteiger partial charge in [-0.25, -0.2) is 13.9 Å². The van der Waals surface area contributed by atoms with Gasteiger partial charge in [-0.2, -0.15) is 0 Å². The highest BCUT2D eigenvalue weighted by Gasteiger charge is 2.24. The molecule has 4 rings (SSSR count). The molecule has 0 aliphatic heterocycles. The van der Waals surface area contributed by atoms with Gasteiger partial charge in [0.1, 0.15) is 0 Å². The number of nitrogens with one attached hydrogen (secondary N) is 1. The monoisotopic (exact) mass is 416 g/mol. The van der Waals surface area contributed by atoms with Crippen LogP contribution in [0.25, 0.3) is 21.8 Å². The highest BCUT2D eigenvalue weighted by molar-refractivity contribution is 5.96. The summed E-state index contributed by atoms with van der Waals surface area (Å²) in [6, 6.07) is 19.4. The number of benzene rings is 3. The van der Waals surface area contributed by atoms with Gasteiger partial charge < -0.3 is 10.1 Å². The maximum Gasteiger partial charge on any atom is 0.338 e. The molecule has 31 heavy (non-hydrogen) atoms. The number of nitrogens with zero attached hydrogens (tertiary/aromatic N) is 2. The molecule has 0 aliphatic carbocycles. The van der Waals surface area contributed by atoms with Crippen molar-refractivity contribution in [3.8, 4) is 0 Å². The van der Waals surface area contributed by atoms with E-state index in [4.69, 9.17) is 4.74 Å². The van der Waals surface area contributed by atoms with Crippen LogP contribution in [-0.2, 0) is 22.6 Å². The van der Waals surface area contributed by atoms with Crippen LogP contribution in [0, 0.1) is 6.92 Å². The van der Waals surface area contributed by atoms with Crippen LogP contribution in [0.4, 0.5) is 5.69 Å². The van der Waals surface area contributed by atoms with E-state index in [1.165, 1.54) is 0 Å². The van der Waals surface area contributed by atoms with E-state index in [0.29, 0.717) is 12.2 Å². The highest BCUT2D eigenvalue weighted by Crippen LogP contribution is 2.20. The molecule has 3 aromatic carbocycles. The van der Waals surface area contributed by atoms with Crippen molar-refractivity contribution in [3.05, 3.63) is 72.1 Å². The fourth-order valence-corrected chi connectivity index (χ4v) is 4.01. The summed E-state index contributed by atoms with van der Waals surface area (Å²) in [4.78, 5) is 25.1. The second-order valence-corrected chi connectivity index (χ2v) is 7.41. The molecule has 0 radical (unpaired) electrons. The summed E-state index contributed by atoms with van der Waals surface area (Å²) in [6.45, 7) is 7.06. The Morgan fingerprint density at radius 2 is 1.77 bits per heavy atom. The number of esters is 1. The van der Waals surface area contributed by atoms with Gasteiger partial charge >= 0.3 is 5.97 Å². The largest absolute Gasteiger partial charge is 0.462 e. The minimum Gasteiger partial charge on any atom is -0.462 e. The third-order valence-corrected chi connectivity index (χ3v) is 5.50. The fraction of sp³-hybridized carbons (Fsp3) is 0.240. The molecule has 0 atom stereocenters. The van der Waals surface area contributed by atoms with Crippen LogP contribution in [0.15, 0.2) is 60.7 Å². The summed E-state index contributed by atoms with van der Waals surface area (Å²) in [6.07, 6.45) is 0. The first-order chi connectivity index (χ1) is 15.0. The first-order valence-electron chi connectivity index (χ1n) is 10.5. The van der Waals surface area contributed by atoms with Gasteiger partial charge in [0, 0.05) is 18.7 Å². The molecule has 0 saturated heterocycles. The number of anilines is 1. The van der Waals surface area contributed by atoms with Gasteiger partial charge in [0.05, 0.1) is 18.7 Å². The molecule has 158 valence electrons. The van der Waals surface area contributed by atoms with Crippen LogP contribution < -0.4 is 9.88 Å². The van der Waals surface area contributed by atoms with E-state index in [1.807, 2.05) is 60.0 Å². The Balaban J connectivity index is 1.65. The summed E-state index contributed by atoms with van der Waals surface area (Å²) in [5.41, 5.74) is 3.05. The van der Waals surface area contributed by atoms with Crippen LogP contribution in [0.5, 0.6) is 0 Å². The second-order valence-electron chi connectivity index (χ2n) is 7.41. The zero-order chi connectivity index (χ0) is 22.0. The van der Waals surface area contributed by atoms with Gasteiger partial charge in [-0.1, -0.05) is 30.3 Å². The summed E-state index contributed by atoms with van der Waals surface area (Å²) in [7, 11) is 0. The van der Waals surface area contributed by atoms with Crippen molar-refractivity contribution >= 4 is 39.4 Å². The number of carbonyl (C=O) groups is 2. The fourth-order valence-electron chi connectivity index (χ4n) is 4.01. The normalized spacial score (nSPS) is 11.1. The van der Waals surface area contributed by atoms with E-state index in [0.717, 1.165) is 39.9 Å². The van der Waals surface area contributed by atoms with Crippen molar-refractivity contribution in [3.63, 3.8) is 0 Å². The number of amides is 1. The molecule has 0 fully saturated rings. The van der Waals surface area contributed by atoms with Crippen molar-refractivity contribution in [2.45, 2.75) is 33.9 Å². The average Bonchev–Trinajstić information content (AvgIpc) is 3.03. The lowest BCUT2D eigenvalue weighted by molar-refractivity contribution is -0.674. The van der Waals surface area contributed by atoms with Gasteiger partial charge in [0.15, 0.2) is 17.6 Å². The van der Waals surface area contributed by atoms with Crippen LogP contribution >= 0.6 is 0 Å². The van der Waals surface area contributed by atoms with Crippen molar-refractivity contribution in [1.29, 1.82) is 0 Å². The summed E-state index contributed by atoms with van der Waals surface area (Å²) in [5.74, 6) is 0.464. The maximum atomic E-state index is 12.9. The third kappa shape index (κ3) is 4.01. The summed E-state index contributed by atoms with van der Waals surface area (Å²) < 4.78 is 9.22. The van der Waals surface area contributed by atoms with Crippen molar-refractivity contribution in [2.75, 3.05) is 11.9 Å². The molecule has 0 aliphatic rings. The highest BCUT2D eigenvalue weighted by atomic mass is 16.5. The van der Waals surface area contributed by atoms with Gasteiger partial charge in [-0.3, -0.25) is 4.79 Å². The van der Waals surface area contributed by atoms with E-state index < -0.39 is 0 Å². The van der Waals surface area contributed by atoms with Crippen LogP contribution in [0.3, 0.4) is 0 Å². The lowest BCUT2D eigenvalue weighted by Crippen LogP contribution is -2.35. The number of fused-ring (bicyclic) bond motifs is 2. The van der Waals surface area contributed by atoms with Crippen molar-refractivity contribution < 1.29 is 18.9 Å². The number of aryl methyl sites for hydroxylation is 1. The summed E-state index contributed by atoms with van der Waals surface area (Å²) in [5, 5.41) is 5.20. The topological polar surface area (TPSA) is 64.2 Å². The molecule has 1 heterocycles. The molecule has 0 bridgehead atoms. The second kappa shape index (κ2) is 8.60. The first kappa shape index (κ1) is 20.6. The van der Waals surface area contributed by atoms with Gasteiger partial charge in [0.2, 0.25) is 0 Å². The van der Waals surface area contributed by atoms with E-state index >= 15 is 0 Å². The number of aromatic nitrogens is 2. The molecule has 4 aromatic rings. The third-order valence-electron chi connectivity index (χ3n) is 5.50. The minimum atomic E-state index is -0.363. The van der Waals surface area contributed by atoms with E-state index in [1.54, 1.807) is 19.1 Å². The Bertz CT molecular complexity index is 1290. The Labute approximate surface area is 181 Å². The Kier molecular flexibility index (Phi) is 5.71. The zero-order valence-electron chi connectivity index (χ0n) is 18.0. The molecular formula is C25H26N3O3+. The molecule has 0 saturated carbocycles. The summed E-state index contributed by atoms with van der Waals surface area (Å²) >= 11 is 0. The number of hydrogen-bond donors (Lipinski definition) is 1. The molecule has 1 N–H and O–H groups in total.